The van der Waals surface area contributed by atoms with Crippen LogP contribution in [0, 0.1) is 0 Å². The van der Waals surface area contributed by atoms with Crippen molar-refractivity contribution in [3.8, 4) is 0 Å². The third-order valence-corrected chi connectivity index (χ3v) is 1.70. The van der Waals surface area contributed by atoms with Gasteiger partial charge in [-0.3, -0.25) is 10.2 Å². The van der Waals surface area contributed by atoms with Crippen molar-refractivity contribution >= 4 is 5.91 Å². The van der Waals surface area contributed by atoms with E-state index in [0.717, 1.165) is 12.0 Å². The summed E-state index contributed by atoms with van der Waals surface area (Å²) in [7, 11) is 1.68. The van der Waals surface area contributed by atoms with Crippen molar-refractivity contribution in [1.29, 1.82) is 0 Å². The van der Waals surface area contributed by atoms with Crippen LogP contribution in [0.1, 0.15) is 26.7 Å². The average Bonchev–Trinajstić information content (AvgIpc) is 2.50. The summed E-state index contributed by atoms with van der Waals surface area (Å²) in [6.07, 6.45) is 11.3. The Morgan fingerprint density at radius 2 is 2.13 bits per heavy atom. The van der Waals surface area contributed by atoms with Crippen LogP contribution in [0.15, 0.2) is 36.0 Å². The standard InChI is InChI=1S/C10H14N2O.C2H6/c1-11-12-10(13)8-9-6-4-2-3-5-7-9;1-2/h2-4,6-7,11H,5,8H2,1H3,(H,12,13);1-2H3. The molecule has 0 unspecified atom stereocenters. The molecule has 84 valence electrons. The molecule has 1 rings (SSSR count). The van der Waals surface area contributed by atoms with Crippen molar-refractivity contribution in [3.05, 3.63) is 36.0 Å². The number of rotatable bonds is 3. The first-order valence-electron chi connectivity index (χ1n) is 5.31. The van der Waals surface area contributed by atoms with Gasteiger partial charge in [0.05, 0.1) is 6.42 Å². The molecule has 0 heterocycles. The maximum Gasteiger partial charge on any atom is 0.238 e. The minimum Gasteiger partial charge on any atom is -0.292 e. The van der Waals surface area contributed by atoms with Gasteiger partial charge in [-0.1, -0.05) is 44.2 Å². The quantitative estimate of drug-likeness (QED) is 0.697. The van der Waals surface area contributed by atoms with Gasteiger partial charge in [0.2, 0.25) is 5.91 Å². The van der Waals surface area contributed by atoms with E-state index in [-0.39, 0.29) is 5.91 Å². The zero-order valence-corrected chi connectivity index (χ0v) is 9.71. The Bertz CT molecular complexity index is 265. The summed E-state index contributed by atoms with van der Waals surface area (Å²) in [5.74, 6) is -0.0136. The van der Waals surface area contributed by atoms with Gasteiger partial charge in [0.1, 0.15) is 0 Å². The van der Waals surface area contributed by atoms with Crippen LogP contribution in [0.25, 0.3) is 0 Å². The molecule has 0 aliphatic heterocycles. The highest BCUT2D eigenvalue weighted by atomic mass is 16.2. The molecule has 0 spiro atoms. The second kappa shape index (κ2) is 9.21. The van der Waals surface area contributed by atoms with Gasteiger partial charge in [0.25, 0.3) is 0 Å². The monoisotopic (exact) mass is 208 g/mol. The number of hydrogen-bond acceptors (Lipinski definition) is 2. The van der Waals surface area contributed by atoms with Crippen LogP contribution in [0.3, 0.4) is 0 Å². The van der Waals surface area contributed by atoms with Gasteiger partial charge in [-0.2, -0.15) is 0 Å². The molecular weight excluding hydrogens is 188 g/mol. The molecule has 1 aliphatic rings. The second-order valence-corrected chi connectivity index (χ2v) is 2.78. The predicted octanol–water partition coefficient (Wildman–Crippen LogP) is 2.10. The van der Waals surface area contributed by atoms with Crippen LogP contribution >= 0.6 is 0 Å². The molecule has 0 bridgehead atoms. The van der Waals surface area contributed by atoms with Gasteiger partial charge in [-0.15, -0.1) is 0 Å². The fourth-order valence-electron chi connectivity index (χ4n) is 1.12. The van der Waals surface area contributed by atoms with E-state index in [9.17, 15) is 4.79 Å². The summed E-state index contributed by atoms with van der Waals surface area (Å²) >= 11 is 0. The van der Waals surface area contributed by atoms with Crippen LogP contribution in [-0.4, -0.2) is 13.0 Å². The number of nitrogens with one attached hydrogen (secondary N) is 2. The van der Waals surface area contributed by atoms with E-state index in [2.05, 4.69) is 23.0 Å². The van der Waals surface area contributed by atoms with E-state index in [1.807, 2.05) is 32.1 Å². The number of hydrazine groups is 1. The molecule has 1 amide bonds. The zero-order chi connectivity index (χ0) is 11.5. The minimum atomic E-state index is -0.0136. The summed E-state index contributed by atoms with van der Waals surface area (Å²) in [5, 5.41) is 0. The van der Waals surface area contributed by atoms with Crippen molar-refractivity contribution in [2.45, 2.75) is 26.7 Å². The Hall–Kier alpha value is -1.35. The van der Waals surface area contributed by atoms with Crippen molar-refractivity contribution < 1.29 is 4.79 Å². The Morgan fingerprint density at radius 1 is 1.40 bits per heavy atom. The van der Waals surface area contributed by atoms with E-state index in [1.54, 1.807) is 7.05 Å². The lowest BCUT2D eigenvalue weighted by molar-refractivity contribution is -0.121. The van der Waals surface area contributed by atoms with Crippen molar-refractivity contribution in [1.82, 2.24) is 10.9 Å². The summed E-state index contributed by atoms with van der Waals surface area (Å²) < 4.78 is 0. The first-order chi connectivity index (χ1) is 7.33. The minimum absolute atomic E-state index is 0.0136. The summed E-state index contributed by atoms with van der Waals surface area (Å²) in [6.45, 7) is 4.00. The Balaban J connectivity index is 0.000000921. The molecule has 0 fully saturated rings. The third kappa shape index (κ3) is 6.69. The third-order valence-electron chi connectivity index (χ3n) is 1.70. The second-order valence-electron chi connectivity index (χ2n) is 2.78. The van der Waals surface area contributed by atoms with E-state index < -0.39 is 0 Å². The number of hydrogen-bond donors (Lipinski definition) is 2. The number of carbonyl (C=O) groups is 1. The molecule has 3 nitrogen and oxygen atoms in total. The first-order valence-corrected chi connectivity index (χ1v) is 5.31. The first kappa shape index (κ1) is 13.7. The fraction of sp³-hybridized carbons (Fsp3) is 0.417. The van der Waals surface area contributed by atoms with Gasteiger partial charge >= 0.3 is 0 Å². The van der Waals surface area contributed by atoms with Crippen molar-refractivity contribution in [3.63, 3.8) is 0 Å². The van der Waals surface area contributed by atoms with E-state index in [4.69, 9.17) is 0 Å². The fourth-order valence-corrected chi connectivity index (χ4v) is 1.12. The Kier molecular flexibility index (Phi) is 8.39. The lowest BCUT2D eigenvalue weighted by atomic mass is 10.1. The number of carbonyl (C=O) groups excluding carboxylic acids is 1. The SMILES string of the molecule is CC.CNNC(=O)CC1=CCC=CC=C1. The summed E-state index contributed by atoms with van der Waals surface area (Å²) in [4.78, 5) is 11.2. The smallest absolute Gasteiger partial charge is 0.238 e. The lowest BCUT2D eigenvalue weighted by Crippen LogP contribution is -2.34. The number of allylic oxidation sites excluding steroid dienone is 5. The highest BCUT2D eigenvalue weighted by Crippen LogP contribution is 2.08. The van der Waals surface area contributed by atoms with Crippen molar-refractivity contribution in [2.75, 3.05) is 7.05 Å². The van der Waals surface area contributed by atoms with Gasteiger partial charge in [0.15, 0.2) is 0 Å². The van der Waals surface area contributed by atoms with Crippen LogP contribution in [0.2, 0.25) is 0 Å². The Labute approximate surface area is 91.9 Å². The van der Waals surface area contributed by atoms with E-state index in [1.165, 1.54) is 0 Å². The van der Waals surface area contributed by atoms with E-state index >= 15 is 0 Å². The van der Waals surface area contributed by atoms with Gasteiger partial charge in [-0.25, -0.2) is 5.43 Å². The lowest BCUT2D eigenvalue weighted by Gasteiger charge is -2.02. The van der Waals surface area contributed by atoms with Crippen molar-refractivity contribution in [2.24, 2.45) is 0 Å². The molecule has 0 radical (unpaired) electrons. The maximum atomic E-state index is 11.2. The molecule has 0 saturated carbocycles. The molecule has 3 heteroatoms. The predicted molar refractivity (Wildman–Crippen MR) is 64.1 cm³/mol. The highest BCUT2D eigenvalue weighted by molar-refractivity contribution is 5.78. The molecule has 2 N–H and O–H groups in total. The zero-order valence-electron chi connectivity index (χ0n) is 9.71. The summed E-state index contributed by atoms with van der Waals surface area (Å²) in [5.41, 5.74) is 6.19. The average molecular weight is 208 g/mol. The van der Waals surface area contributed by atoms with E-state index in [0.29, 0.717) is 6.42 Å². The molecule has 0 aromatic carbocycles. The maximum absolute atomic E-state index is 11.2. The highest BCUT2D eigenvalue weighted by Gasteiger charge is 2.01. The molecular formula is C12H20N2O. The summed E-state index contributed by atoms with van der Waals surface area (Å²) in [6, 6.07) is 0. The van der Waals surface area contributed by atoms with Crippen LogP contribution in [0.4, 0.5) is 0 Å². The van der Waals surface area contributed by atoms with Crippen LogP contribution in [-0.2, 0) is 4.79 Å². The largest absolute Gasteiger partial charge is 0.292 e. The molecule has 15 heavy (non-hydrogen) atoms. The van der Waals surface area contributed by atoms with Crippen LogP contribution < -0.4 is 10.9 Å². The Morgan fingerprint density at radius 3 is 2.80 bits per heavy atom. The molecule has 0 aromatic rings. The van der Waals surface area contributed by atoms with Gasteiger partial charge < -0.3 is 0 Å². The van der Waals surface area contributed by atoms with Crippen LogP contribution in [0.5, 0.6) is 0 Å². The molecule has 0 aromatic heterocycles. The molecule has 0 atom stereocenters. The molecule has 0 saturated heterocycles. The van der Waals surface area contributed by atoms with Gasteiger partial charge in [-0.05, 0) is 12.0 Å². The number of amides is 1. The van der Waals surface area contributed by atoms with Gasteiger partial charge in [0, 0.05) is 7.05 Å². The topological polar surface area (TPSA) is 41.1 Å². The normalized spacial score (nSPS) is 13.4. The molecule has 1 aliphatic carbocycles.